The molecule has 0 saturated carbocycles. The van der Waals surface area contributed by atoms with E-state index >= 15 is 0 Å². The summed E-state index contributed by atoms with van der Waals surface area (Å²) >= 11 is 0. The van der Waals surface area contributed by atoms with Gasteiger partial charge < -0.3 is 0 Å². The average molecular weight is 308 g/mol. The lowest BCUT2D eigenvalue weighted by molar-refractivity contribution is 0.476. The first-order valence-corrected chi connectivity index (χ1v) is 8.06. The average Bonchev–Trinajstić information content (AvgIpc) is 2.48. The van der Waals surface area contributed by atoms with Gasteiger partial charge in [0.05, 0.1) is 18.6 Å². The SMILES string of the molecule is [2H][C@@H](F)CCN(c1ccccc1)S(=O)(=O)c1ccc(C)cc1. The van der Waals surface area contributed by atoms with Gasteiger partial charge in [-0.05, 0) is 37.6 Å². The Balaban J connectivity index is 2.41. The number of halogens is 1. The van der Waals surface area contributed by atoms with Crippen LogP contribution < -0.4 is 4.31 Å². The Morgan fingerprint density at radius 2 is 1.71 bits per heavy atom. The molecule has 0 saturated heterocycles. The van der Waals surface area contributed by atoms with Gasteiger partial charge in [0.25, 0.3) is 10.0 Å². The van der Waals surface area contributed by atoms with Crippen molar-refractivity contribution in [1.29, 1.82) is 0 Å². The van der Waals surface area contributed by atoms with Gasteiger partial charge in [-0.1, -0.05) is 35.9 Å². The third-order valence-electron chi connectivity index (χ3n) is 3.09. The van der Waals surface area contributed by atoms with Crippen molar-refractivity contribution < 1.29 is 14.2 Å². The van der Waals surface area contributed by atoms with Crippen LogP contribution >= 0.6 is 0 Å². The molecule has 112 valence electrons. The lowest BCUT2D eigenvalue weighted by Crippen LogP contribution is -2.32. The summed E-state index contributed by atoms with van der Waals surface area (Å²) in [5, 5.41) is 0. The summed E-state index contributed by atoms with van der Waals surface area (Å²) in [5.74, 6) is 0. The Bertz CT molecular complexity index is 703. The van der Waals surface area contributed by atoms with Crippen LogP contribution in [0.1, 0.15) is 13.4 Å². The molecule has 0 aliphatic carbocycles. The number of anilines is 1. The fourth-order valence-electron chi connectivity index (χ4n) is 1.99. The predicted octanol–water partition coefficient (Wildman–Crippen LogP) is 3.55. The maximum atomic E-state index is 12.9. The fourth-order valence-corrected chi connectivity index (χ4v) is 3.47. The monoisotopic (exact) mass is 308 g/mol. The summed E-state index contributed by atoms with van der Waals surface area (Å²) in [7, 11) is -3.78. The zero-order valence-corrected chi connectivity index (χ0v) is 12.6. The third-order valence-corrected chi connectivity index (χ3v) is 4.94. The van der Waals surface area contributed by atoms with E-state index in [4.69, 9.17) is 1.37 Å². The standard InChI is InChI=1S/C16H18FNO2S/c1-14-8-10-16(11-9-14)21(19,20)18(13-5-12-17)15-6-3-2-4-7-15/h2-4,6-11H,5,12-13H2,1H3/i12D/t12-/m1/s1. The predicted molar refractivity (Wildman–Crippen MR) is 82.7 cm³/mol. The molecule has 0 bridgehead atoms. The maximum Gasteiger partial charge on any atom is 0.264 e. The molecule has 0 aromatic heterocycles. The van der Waals surface area contributed by atoms with E-state index < -0.39 is 16.7 Å². The smallest absolute Gasteiger partial charge is 0.264 e. The molecule has 21 heavy (non-hydrogen) atoms. The van der Waals surface area contributed by atoms with Gasteiger partial charge >= 0.3 is 0 Å². The van der Waals surface area contributed by atoms with Gasteiger partial charge in [0.2, 0.25) is 0 Å². The van der Waals surface area contributed by atoms with Crippen molar-refractivity contribution in [3.8, 4) is 0 Å². The highest BCUT2D eigenvalue weighted by Crippen LogP contribution is 2.24. The van der Waals surface area contributed by atoms with Crippen molar-refractivity contribution in [1.82, 2.24) is 0 Å². The van der Waals surface area contributed by atoms with Gasteiger partial charge in [-0.2, -0.15) is 0 Å². The summed E-state index contributed by atoms with van der Waals surface area (Å²) in [5.41, 5.74) is 1.42. The number of para-hydroxylation sites is 1. The number of alkyl halides is 1. The second kappa shape index (κ2) is 6.72. The molecule has 0 amide bonds. The highest BCUT2D eigenvalue weighted by atomic mass is 32.2. The number of sulfonamides is 1. The van der Waals surface area contributed by atoms with Crippen LogP contribution in [0.4, 0.5) is 10.1 Å². The maximum absolute atomic E-state index is 12.9. The molecule has 0 aliphatic heterocycles. The van der Waals surface area contributed by atoms with Crippen LogP contribution in [-0.4, -0.2) is 21.6 Å². The van der Waals surface area contributed by atoms with Crippen LogP contribution in [-0.2, 0) is 10.0 Å². The van der Waals surface area contributed by atoms with Crippen molar-refractivity contribution in [2.24, 2.45) is 0 Å². The molecule has 5 heteroatoms. The van der Waals surface area contributed by atoms with Crippen molar-refractivity contribution in [3.05, 3.63) is 60.2 Å². The first-order valence-electron chi connectivity index (χ1n) is 7.20. The molecular formula is C16H18FNO2S. The number of benzene rings is 2. The second-order valence-corrected chi connectivity index (χ2v) is 6.53. The molecule has 0 aliphatic rings. The van der Waals surface area contributed by atoms with Crippen molar-refractivity contribution in [3.63, 3.8) is 0 Å². The molecular weight excluding hydrogens is 289 g/mol. The van der Waals surface area contributed by atoms with Gasteiger partial charge in [0.15, 0.2) is 0 Å². The van der Waals surface area contributed by atoms with E-state index in [1.165, 1.54) is 12.1 Å². The molecule has 2 aromatic carbocycles. The zero-order chi connectivity index (χ0) is 16.2. The minimum atomic E-state index is -3.78. The summed E-state index contributed by atoms with van der Waals surface area (Å²) < 4.78 is 46.6. The summed E-state index contributed by atoms with van der Waals surface area (Å²) in [6, 6.07) is 15.1. The Hall–Kier alpha value is -1.88. The van der Waals surface area contributed by atoms with Crippen molar-refractivity contribution >= 4 is 15.7 Å². The molecule has 0 spiro atoms. The highest BCUT2D eigenvalue weighted by molar-refractivity contribution is 7.92. The van der Waals surface area contributed by atoms with Crippen LogP contribution in [0.2, 0.25) is 0 Å². The third kappa shape index (κ3) is 3.61. The topological polar surface area (TPSA) is 37.4 Å². The molecule has 0 heterocycles. The molecule has 0 fully saturated rings. The van der Waals surface area contributed by atoms with Gasteiger partial charge in [-0.15, -0.1) is 0 Å². The van der Waals surface area contributed by atoms with E-state index in [1.54, 1.807) is 42.5 Å². The molecule has 1 atom stereocenters. The minimum absolute atomic E-state index is 0.0785. The van der Waals surface area contributed by atoms with Crippen LogP contribution in [0.3, 0.4) is 0 Å². The Morgan fingerprint density at radius 3 is 2.29 bits per heavy atom. The largest absolute Gasteiger partial charge is 0.266 e. The lowest BCUT2D eigenvalue weighted by Gasteiger charge is -2.24. The van der Waals surface area contributed by atoms with Gasteiger partial charge in [-0.3, -0.25) is 8.70 Å². The van der Waals surface area contributed by atoms with Crippen molar-refractivity contribution in [2.75, 3.05) is 17.5 Å². The van der Waals surface area contributed by atoms with E-state index in [-0.39, 0.29) is 17.9 Å². The normalized spacial score (nSPS) is 13.5. The van der Waals surface area contributed by atoms with E-state index in [0.29, 0.717) is 5.69 Å². The number of aryl methyl sites for hydroxylation is 1. The lowest BCUT2D eigenvalue weighted by atomic mass is 10.2. The van der Waals surface area contributed by atoms with E-state index in [2.05, 4.69) is 0 Å². The number of nitrogens with zero attached hydrogens (tertiary/aromatic N) is 1. The Kier molecular flexibility index (Phi) is 4.50. The number of hydrogen-bond donors (Lipinski definition) is 0. The van der Waals surface area contributed by atoms with Gasteiger partial charge in [-0.25, -0.2) is 8.42 Å². The van der Waals surface area contributed by atoms with E-state index in [1.807, 2.05) is 6.92 Å². The molecule has 3 nitrogen and oxygen atoms in total. The summed E-state index contributed by atoms with van der Waals surface area (Å²) in [6.07, 6.45) is -0.181. The second-order valence-electron chi connectivity index (χ2n) is 4.67. The van der Waals surface area contributed by atoms with E-state index in [9.17, 15) is 12.8 Å². The number of rotatable bonds is 6. The molecule has 2 aromatic rings. The quantitative estimate of drug-likeness (QED) is 0.818. The van der Waals surface area contributed by atoms with E-state index in [0.717, 1.165) is 9.87 Å². The first-order chi connectivity index (χ1) is 10.4. The van der Waals surface area contributed by atoms with Crippen LogP contribution in [0.15, 0.2) is 59.5 Å². The summed E-state index contributed by atoms with van der Waals surface area (Å²) in [6.45, 7) is -0.0104. The Labute approximate surface area is 126 Å². The minimum Gasteiger partial charge on any atom is -0.266 e. The van der Waals surface area contributed by atoms with Crippen LogP contribution in [0.5, 0.6) is 0 Å². The van der Waals surface area contributed by atoms with Gasteiger partial charge in [0, 0.05) is 6.54 Å². The first kappa shape index (κ1) is 14.1. The highest BCUT2D eigenvalue weighted by Gasteiger charge is 2.24. The molecule has 0 radical (unpaired) electrons. The molecule has 0 unspecified atom stereocenters. The summed E-state index contributed by atoms with van der Waals surface area (Å²) in [4.78, 5) is 0.155. The number of hydrogen-bond acceptors (Lipinski definition) is 2. The fraction of sp³-hybridized carbons (Fsp3) is 0.250. The molecule has 2 rings (SSSR count). The van der Waals surface area contributed by atoms with Crippen LogP contribution in [0, 0.1) is 6.92 Å². The Morgan fingerprint density at radius 1 is 1.10 bits per heavy atom. The van der Waals surface area contributed by atoms with Crippen LogP contribution in [0.25, 0.3) is 0 Å². The van der Waals surface area contributed by atoms with Gasteiger partial charge in [0.1, 0.15) is 0 Å². The van der Waals surface area contributed by atoms with Crippen molar-refractivity contribution in [2.45, 2.75) is 18.2 Å². The zero-order valence-electron chi connectivity index (χ0n) is 12.7. The molecule has 0 N–H and O–H groups in total.